The van der Waals surface area contributed by atoms with Gasteiger partial charge in [0.15, 0.2) is 0 Å². The van der Waals surface area contributed by atoms with Gasteiger partial charge in [0, 0.05) is 19.0 Å². The second-order valence-corrected chi connectivity index (χ2v) is 4.28. The molecule has 0 bridgehead atoms. The predicted octanol–water partition coefficient (Wildman–Crippen LogP) is 1.15. The Morgan fingerprint density at radius 2 is 2.14 bits per heavy atom. The summed E-state index contributed by atoms with van der Waals surface area (Å²) in [4.78, 5) is 11.2. The Balaban J connectivity index is 1.86. The molecule has 0 aromatic carbocycles. The molecule has 14 heavy (non-hydrogen) atoms. The van der Waals surface area contributed by atoms with Crippen molar-refractivity contribution in [3.63, 3.8) is 0 Å². The van der Waals surface area contributed by atoms with Crippen LogP contribution in [0.15, 0.2) is 0 Å². The van der Waals surface area contributed by atoms with Gasteiger partial charge in [-0.1, -0.05) is 20.3 Å². The minimum Gasteiger partial charge on any atom is -0.355 e. The van der Waals surface area contributed by atoms with Gasteiger partial charge in [-0.15, -0.1) is 0 Å². The lowest BCUT2D eigenvalue weighted by atomic mass is 10.1. The number of amides is 1. The average molecular weight is 198 g/mol. The highest BCUT2D eigenvalue weighted by atomic mass is 16.2. The van der Waals surface area contributed by atoms with Crippen LogP contribution in [0.5, 0.6) is 0 Å². The van der Waals surface area contributed by atoms with E-state index in [1.807, 2.05) is 0 Å². The van der Waals surface area contributed by atoms with Crippen molar-refractivity contribution >= 4 is 5.91 Å². The number of hydrogen-bond donors (Lipinski definition) is 2. The first-order valence-electron chi connectivity index (χ1n) is 5.72. The van der Waals surface area contributed by atoms with Crippen LogP contribution in [0.3, 0.4) is 0 Å². The quantitative estimate of drug-likeness (QED) is 0.602. The number of nitrogens with one attached hydrogen (secondary N) is 2. The van der Waals surface area contributed by atoms with Crippen molar-refractivity contribution in [2.75, 3.05) is 19.6 Å². The summed E-state index contributed by atoms with van der Waals surface area (Å²) in [5.41, 5.74) is 0. The third-order valence-electron chi connectivity index (χ3n) is 2.74. The summed E-state index contributed by atoms with van der Waals surface area (Å²) in [6, 6.07) is 0. The maximum Gasteiger partial charge on any atom is 0.223 e. The zero-order valence-electron chi connectivity index (χ0n) is 9.31. The minimum atomic E-state index is 0.246. The molecular formula is C11H22N2O. The van der Waals surface area contributed by atoms with E-state index in [2.05, 4.69) is 24.5 Å². The Morgan fingerprint density at radius 3 is 2.71 bits per heavy atom. The van der Waals surface area contributed by atoms with E-state index in [0.29, 0.717) is 5.92 Å². The minimum absolute atomic E-state index is 0.246. The van der Waals surface area contributed by atoms with Crippen LogP contribution in [-0.2, 0) is 4.79 Å². The van der Waals surface area contributed by atoms with Gasteiger partial charge >= 0.3 is 0 Å². The second-order valence-electron chi connectivity index (χ2n) is 4.28. The van der Waals surface area contributed by atoms with E-state index in [0.717, 1.165) is 38.4 Å². The van der Waals surface area contributed by atoms with Gasteiger partial charge in [0.2, 0.25) is 5.91 Å². The van der Waals surface area contributed by atoms with Crippen LogP contribution in [0.1, 0.15) is 33.1 Å². The van der Waals surface area contributed by atoms with E-state index in [1.165, 1.54) is 6.42 Å². The number of carbonyl (C=O) groups excluding carboxylic acids is 1. The molecule has 2 N–H and O–H groups in total. The van der Waals surface area contributed by atoms with Crippen molar-refractivity contribution in [3.8, 4) is 0 Å². The standard InChI is InChI=1S/C11H22N2O/c1-3-9(2)8-12-6-7-13-11(14)10-4-5-10/h9-10,12H,3-8H2,1-2H3,(H,13,14)/t9-/m1/s1. The average Bonchev–Trinajstić information content (AvgIpc) is 2.99. The molecule has 1 amide bonds. The maximum absolute atomic E-state index is 11.2. The van der Waals surface area contributed by atoms with Crippen molar-refractivity contribution in [2.45, 2.75) is 33.1 Å². The van der Waals surface area contributed by atoms with Crippen molar-refractivity contribution in [3.05, 3.63) is 0 Å². The fraction of sp³-hybridized carbons (Fsp3) is 0.909. The van der Waals surface area contributed by atoms with Crippen molar-refractivity contribution in [1.29, 1.82) is 0 Å². The molecule has 1 atom stereocenters. The molecule has 1 aliphatic carbocycles. The van der Waals surface area contributed by atoms with Crippen LogP contribution in [0.25, 0.3) is 0 Å². The predicted molar refractivity (Wildman–Crippen MR) is 58.1 cm³/mol. The summed E-state index contributed by atoms with van der Waals surface area (Å²) in [7, 11) is 0. The fourth-order valence-electron chi connectivity index (χ4n) is 1.26. The molecule has 0 unspecified atom stereocenters. The van der Waals surface area contributed by atoms with Crippen LogP contribution in [-0.4, -0.2) is 25.5 Å². The lowest BCUT2D eigenvalue weighted by Crippen LogP contribution is -2.34. The molecule has 0 aromatic heterocycles. The molecule has 3 nitrogen and oxygen atoms in total. The van der Waals surface area contributed by atoms with Crippen LogP contribution < -0.4 is 10.6 Å². The SMILES string of the molecule is CC[C@@H](C)CNCCNC(=O)C1CC1. The summed E-state index contributed by atoms with van der Waals surface area (Å²) in [5, 5.41) is 6.27. The van der Waals surface area contributed by atoms with Gasteiger partial charge in [-0.05, 0) is 25.3 Å². The topological polar surface area (TPSA) is 41.1 Å². The number of carbonyl (C=O) groups is 1. The first kappa shape index (κ1) is 11.5. The van der Waals surface area contributed by atoms with Gasteiger partial charge in [-0.25, -0.2) is 0 Å². The molecule has 1 saturated carbocycles. The highest BCUT2D eigenvalue weighted by Gasteiger charge is 2.28. The Hall–Kier alpha value is -0.570. The molecule has 1 fully saturated rings. The third kappa shape index (κ3) is 4.61. The third-order valence-corrected chi connectivity index (χ3v) is 2.74. The molecule has 0 aromatic rings. The Kier molecular flexibility index (Phi) is 4.94. The number of rotatable bonds is 7. The van der Waals surface area contributed by atoms with Gasteiger partial charge in [0.1, 0.15) is 0 Å². The fourth-order valence-corrected chi connectivity index (χ4v) is 1.26. The van der Waals surface area contributed by atoms with Crippen LogP contribution in [0.2, 0.25) is 0 Å². The zero-order valence-corrected chi connectivity index (χ0v) is 9.31. The first-order chi connectivity index (χ1) is 6.74. The molecule has 1 rings (SSSR count). The Bertz CT molecular complexity index is 178. The van der Waals surface area contributed by atoms with Crippen LogP contribution >= 0.6 is 0 Å². The van der Waals surface area contributed by atoms with Crippen molar-refractivity contribution in [2.24, 2.45) is 11.8 Å². The molecule has 1 aliphatic rings. The van der Waals surface area contributed by atoms with Crippen LogP contribution in [0, 0.1) is 11.8 Å². The van der Waals surface area contributed by atoms with Crippen molar-refractivity contribution < 1.29 is 4.79 Å². The van der Waals surface area contributed by atoms with E-state index >= 15 is 0 Å². The Morgan fingerprint density at radius 1 is 1.43 bits per heavy atom. The van der Waals surface area contributed by atoms with E-state index < -0.39 is 0 Å². The highest BCUT2D eigenvalue weighted by molar-refractivity contribution is 5.80. The summed E-state index contributed by atoms with van der Waals surface area (Å²) < 4.78 is 0. The van der Waals surface area contributed by atoms with Gasteiger partial charge in [0.25, 0.3) is 0 Å². The van der Waals surface area contributed by atoms with Gasteiger partial charge in [-0.3, -0.25) is 4.79 Å². The molecule has 0 saturated heterocycles. The Labute approximate surface area is 86.6 Å². The molecule has 0 aliphatic heterocycles. The molecule has 0 radical (unpaired) electrons. The molecule has 82 valence electrons. The maximum atomic E-state index is 11.2. The number of hydrogen-bond acceptors (Lipinski definition) is 2. The van der Waals surface area contributed by atoms with Gasteiger partial charge in [-0.2, -0.15) is 0 Å². The lowest BCUT2D eigenvalue weighted by Gasteiger charge is -2.10. The van der Waals surface area contributed by atoms with E-state index in [4.69, 9.17) is 0 Å². The normalized spacial score (nSPS) is 17.9. The smallest absolute Gasteiger partial charge is 0.223 e. The first-order valence-corrected chi connectivity index (χ1v) is 5.72. The summed E-state index contributed by atoms with van der Waals surface area (Å²) in [5.74, 6) is 1.31. The molecule has 0 heterocycles. The van der Waals surface area contributed by atoms with Crippen LogP contribution in [0.4, 0.5) is 0 Å². The highest BCUT2D eigenvalue weighted by Crippen LogP contribution is 2.28. The van der Waals surface area contributed by atoms with E-state index in [-0.39, 0.29) is 5.91 Å². The molecule has 3 heteroatoms. The molecule has 0 spiro atoms. The summed E-state index contributed by atoms with van der Waals surface area (Å²) in [6.07, 6.45) is 3.39. The van der Waals surface area contributed by atoms with Gasteiger partial charge < -0.3 is 10.6 Å². The van der Waals surface area contributed by atoms with E-state index in [9.17, 15) is 4.79 Å². The monoisotopic (exact) mass is 198 g/mol. The largest absolute Gasteiger partial charge is 0.355 e. The lowest BCUT2D eigenvalue weighted by molar-refractivity contribution is -0.122. The zero-order chi connectivity index (χ0) is 10.4. The second kappa shape index (κ2) is 6.02. The summed E-state index contributed by atoms with van der Waals surface area (Å²) in [6.45, 7) is 7.14. The van der Waals surface area contributed by atoms with E-state index in [1.54, 1.807) is 0 Å². The van der Waals surface area contributed by atoms with Crippen molar-refractivity contribution in [1.82, 2.24) is 10.6 Å². The summed E-state index contributed by atoms with van der Waals surface area (Å²) >= 11 is 0. The molecular weight excluding hydrogens is 176 g/mol. The van der Waals surface area contributed by atoms with Gasteiger partial charge in [0.05, 0.1) is 0 Å².